The second kappa shape index (κ2) is 7.66. The first kappa shape index (κ1) is 18.8. The molecule has 0 radical (unpaired) electrons. The molecule has 1 aromatic carbocycles. The number of hydrogen-bond donors (Lipinski definition) is 1. The molecule has 1 spiro atoms. The van der Waals surface area contributed by atoms with Crippen LogP contribution in [0.5, 0.6) is 5.75 Å². The van der Waals surface area contributed by atoms with Crippen LogP contribution in [0.15, 0.2) is 53.3 Å². The molecule has 4 aliphatic heterocycles. The molecule has 160 valence electrons. The Morgan fingerprint density at radius 1 is 1.00 bits per heavy atom. The van der Waals surface area contributed by atoms with Gasteiger partial charge in [0.2, 0.25) is 0 Å². The van der Waals surface area contributed by atoms with Crippen molar-refractivity contribution in [2.24, 2.45) is 4.99 Å². The van der Waals surface area contributed by atoms with Gasteiger partial charge < -0.3 is 24.6 Å². The van der Waals surface area contributed by atoms with Crippen molar-refractivity contribution >= 4 is 23.4 Å². The maximum atomic E-state index is 6.56. The Kier molecular flexibility index (Phi) is 4.65. The van der Waals surface area contributed by atoms with E-state index in [4.69, 9.17) is 19.5 Å². The predicted octanol–water partition coefficient (Wildman–Crippen LogP) is 2.69. The fourth-order valence-electron chi connectivity index (χ4n) is 4.99. The highest BCUT2D eigenvalue weighted by molar-refractivity contribution is 5.91. The fraction of sp³-hybridized carbons (Fsp3) is 0.417. The van der Waals surface area contributed by atoms with Crippen molar-refractivity contribution in [3.05, 3.63) is 53.9 Å². The SMILES string of the molecule is C1=NC2=C(CN1c1ccc(N3CCNCC3)nc1)c1ccccc1OC21CCOCC1. The summed E-state index contributed by atoms with van der Waals surface area (Å²) in [5, 5.41) is 3.39. The molecular weight excluding hydrogens is 390 g/mol. The largest absolute Gasteiger partial charge is 0.480 e. The molecule has 31 heavy (non-hydrogen) atoms. The monoisotopic (exact) mass is 417 g/mol. The van der Waals surface area contributed by atoms with Crippen LogP contribution in [0.25, 0.3) is 5.57 Å². The summed E-state index contributed by atoms with van der Waals surface area (Å²) < 4.78 is 12.2. The van der Waals surface area contributed by atoms with Crippen LogP contribution in [-0.2, 0) is 4.74 Å². The van der Waals surface area contributed by atoms with Crippen molar-refractivity contribution in [3.63, 3.8) is 0 Å². The van der Waals surface area contributed by atoms with Crippen LogP contribution in [0.1, 0.15) is 18.4 Å². The lowest BCUT2D eigenvalue weighted by molar-refractivity contribution is -0.0258. The average Bonchev–Trinajstić information content (AvgIpc) is 2.85. The second-order valence-electron chi connectivity index (χ2n) is 8.52. The van der Waals surface area contributed by atoms with Gasteiger partial charge in [0.05, 0.1) is 43.7 Å². The van der Waals surface area contributed by atoms with Crippen molar-refractivity contribution in [1.82, 2.24) is 10.3 Å². The lowest BCUT2D eigenvalue weighted by Crippen LogP contribution is -2.47. The minimum atomic E-state index is -0.380. The number of aliphatic imine (C=N–C) groups is 1. The number of fused-ring (bicyclic) bond motifs is 3. The maximum absolute atomic E-state index is 6.56. The number of anilines is 2. The van der Waals surface area contributed by atoms with E-state index < -0.39 is 0 Å². The van der Waals surface area contributed by atoms with Gasteiger partial charge in [0.25, 0.3) is 0 Å². The highest BCUT2D eigenvalue weighted by Crippen LogP contribution is 2.47. The molecule has 2 aromatic rings. The third-order valence-corrected chi connectivity index (χ3v) is 6.69. The van der Waals surface area contributed by atoms with Crippen LogP contribution in [0.3, 0.4) is 0 Å². The molecule has 0 atom stereocenters. The van der Waals surface area contributed by atoms with E-state index >= 15 is 0 Å². The molecular formula is C24H27N5O2. The number of pyridine rings is 1. The Morgan fingerprint density at radius 2 is 1.84 bits per heavy atom. The number of nitrogens with one attached hydrogen (secondary N) is 1. The third-order valence-electron chi connectivity index (χ3n) is 6.69. The van der Waals surface area contributed by atoms with Crippen molar-refractivity contribution in [2.75, 3.05) is 55.7 Å². The van der Waals surface area contributed by atoms with Crippen LogP contribution in [0, 0.1) is 0 Å². The van der Waals surface area contributed by atoms with Crippen molar-refractivity contribution < 1.29 is 9.47 Å². The summed E-state index contributed by atoms with van der Waals surface area (Å²) in [5.74, 6) is 1.99. The lowest BCUT2D eigenvalue weighted by Gasteiger charge is -2.44. The van der Waals surface area contributed by atoms with Gasteiger partial charge >= 0.3 is 0 Å². The first-order valence-electron chi connectivity index (χ1n) is 11.1. The number of ether oxygens (including phenoxy) is 2. The van der Waals surface area contributed by atoms with Gasteiger partial charge in [-0.1, -0.05) is 18.2 Å². The minimum absolute atomic E-state index is 0.380. The Bertz CT molecular complexity index is 1020. The van der Waals surface area contributed by atoms with Crippen LogP contribution in [0.4, 0.5) is 11.5 Å². The Labute approximate surface area is 182 Å². The second-order valence-corrected chi connectivity index (χ2v) is 8.52. The highest BCUT2D eigenvalue weighted by atomic mass is 16.5. The maximum Gasteiger partial charge on any atom is 0.155 e. The lowest BCUT2D eigenvalue weighted by atomic mass is 9.82. The zero-order valence-electron chi connectivity index (χ0n) is 17.6. The number of aromatic nitrogens is 1. The summed E-state index contributed by atoms with van der Waals surface area (Å²) in [4.78, 5) is 14.2. The van der Waals surface area contributed by atoms with Gasteiger partial charge in [-0.3, -0.25) is 0 Å². The molecule has 2 saturated heterocycles. The Balaban J connectivity index is 1.31. The van der Waals surface area contributed by atoms with E-state index in [1.54, 1.807) is 0 Å². The van der Waals surface area contributed by atoms with Crippen LogP contribution < -0.4 is 19.9 Å². The number of para-hydroxylation sites is 1. The normalized spacial score (nSPS) is 22.2. The average molecular weight is 418 g/mol. The molecule has 0 saturated carbocycles. The standard InChI is InChI=1S/C24H27N5O2/c1-2-4-21-19(3-1)20-16-29(17-27-23(20)24(31-21)7-13-30-14-8-24)18-5-6-22(26-15-18)28-11-9-25-10-12-28/h1-6,15,17,25H,7-14,16H2. The molecule has 0 bridgehead atoms. The molecule has 6 rings (SSSR count). The number of piperazine rings is 1. The molecule has 4 aliphatic rings. The summed E-state index contributed by atoms with van der Waals surface area (Å²) >= 11 is 0. The van der Waals surface area contributed by atoms with E-state index in [-0.39, 0.29) is 5.60 Å². The highest BCUT2D eigenvalue weighted by Gasteiger charge is 2.45. The summed E-state index contributed by atoms with van der Waals surface area (Å²) in [6.45, 7) is 6.18. The minimum Gasteiger partial charge on any atom is -0.480 e. The molecule has 0 aliphatic carbocycles. The molecule has 1 aromatic heterocycles. The van der Waals surface area contributed by atoms with Gasteiger partial charge in [-0.25, -0.2) is 9.98 Å². The van der Waals surface area contributed by atoms with Gasteiger partial charge in [0.15, 0.2) is 5.60 Å². The van der Waals surface area contributed by atoms with Crippen molar-refractivity contribution in [2.45, 2.75) is 18.4 Å². The number of rotatable bonds is 2. The molecule has 0 amide bonds. The first-order chi connectivity index (χ1) is 15.3. The molecule has 7 nitrogen and oxygen atoms in total. The van der Waals surface area contributed by atoms with Crippen LogP contribution in [-0.4, -0.2) is 62.9 Å². The van der Waals surface area contributed by atoms with E-state index in [0.717, 1.165) is 74.1 Å². The number of hydrogen-bond acceptors (Lipinski definition) is 7. The molecule has 7 heteroatoms. The zero-order valence-corrected chi connectivity index (χ0v) is 17.6. The fourth-order valence-corrected chi connectivity index (χ4v) is 4.99. The zero-order chi connectivity index (χ0) is 20.7. The third kappa shape index (κ3) is 3.28. The smallest absolute Gasteiger partial charge is 0.155 e. The Morgan fingerprint density at radius 3 is 2.65 bits per heavy atom. The quantitative estimate of drug-likeness (QED) is 0.811. The van der Waals surface area contributed by atoms with Crippen molar-refractivity contribution in [1.29, 1.82) is 0 Å². The van der Waals surface area contributed by atoms with Gasteiger partial charge in [-0.15, -0.1) is 0 Å². The van der Waals surface area contributed by atoms with Gasteiger partial charge in [0, 0.05) is 50.2 Å². The summed E-state index contributed by atoms with van der Waals surface area (Å²) in [6.07, 6.45) is 5.57. The number of nitrogens with zero attached hydrogens (tertiary/aromatic N) is 4. The summed E-state index contributed by atoms with van der Waals surface area (Å²) in [6, 6.07) is 12.6. The van der Waals surface area contributed by atoms with Crippen molar-refractivity contribution in [3.8, 4) is 5.75 Å². The van der Waals surface area contributed by atoms with Gasteiger partial charge in [-0.2, -0.15) is 0 Å². The van der Waals surface area contributed by atoms with E-state index in [0.29, 0.717) is 13.2 Å². The van der Waals surface area contributed by atoms with E-state index in [9.17, 15) is 0 Å². The summed E-state index contributed by atoms with van der Waals surface area (Å²) in [7, 11) is 0. The topological polar surface area (TPSA) is 62.2 Å². The van der Waals surface area contributed by atoms with E-state index in [1.165, 1.54) is 5.57 Å². The van der Waals surface area contributed by atoms with E-state index in [1.807, 2.05) is 18.6 Å². The van der Waals surface area contributed by atoms with Crippen LogP contribution >= 0.6 is 0 Å². The van der Waals surface area contributed by atoms with Gasteiger partial charge in [-0.05, 0) is 18.2 Å². The Hall–Kier alpha value is -2.90. The predicted molar refractivity (Wildman–Crippen MR) is 122 cm³/mol. The number of benzene rings is 1. The molecule has 1 N–H and O–H groups in total. The first-order valence-corrected chi connectivity index (χ1v) is 11.1. The molecule has 5 heterocycles. The molecule has 2 fully saturated rings. The van der Waals surface area contributed by atoms with Gasteiger partial charge in [0.1, 0.15) is 11.6 Å². The summed E-state index contributed by atoms with van der Waals surface area (Å²) in [5.41, 5.74) is 4.13. The molecule has 0 unspecified atom stereocenters. The van der Waals surface area contributed by atoms with E-state index in [2.05, 4.69) is 45.4 Å². The van der Waals surface area contributed by atoms with Crippen LogP contribution in [0.2, 0.25) is 0 Å².